The lowest BCUT2D eigenvalue weighted by Crippen LogP contribution is -2.44. The molecule has 0 unspecified atom stereocenters. The minimum Gasteiger partial charge on any atom is -0.490 e. The number of hydrogen-bond acceptors (Lipinski definition) is 7. The SMILES string of the molecule is CCOc1cc(/C=C2/SC(=S)N(NC(=O)c3ccc(Br)cc3)C2=O)cc(Br)c1OCC(=O)N1CCCCC1. The molecule has 2 aromatic rings. The topological polar surface area (TPSA) is 88.2 Å². The summed E-state index contributed by atoms with van der Waals surface area (Å²) in [5.41, 5.74) is 3.63. The van der Waals surface area contributed by atoms with E-state index in [1.165, 1.54) is 0 Å². The van der Waals surface area contributed by atoms with Crippen LogP contribution >= 0.6 is 55.8 Å². The van der Waals surface area contributed by atoms with Crippen molar-refractivity contribution in [2.24, 2.45) is 0 Å². The molecule has 200 valence electrons. The van der Waals surface area contributed by atoms with Gasteiger partial charge in [-0.15, -0.1) is 0 Å². The Balaban J connectivity index is 1.48. The minimum absolute atomic E-state index is 0.0583. The predicted octanol–water partition coefficient (Wildman–Crippen LogP) is 5.55. The minimum atomic E-state index is -0.447. The molecular formula is C26H25Br2N3O5S2. The van der Waals surface area contributed by atoms with Gasteiger partial charge in [-0.3, -0.25) is 19.8 Å². The highest BCUT2D eigenvalue weighted by atomic mass is 79.9. The zero-order chi connectivity index (χ0) is 27.2. The number of ether oxygens (including phenoxy) is 2. The molecule has 1 N–H and O–H groups in total. The van der Waals surface area contributed by atoms with E-state index in [9.17, 15) is 14.4 Å². The predicted molar refractivity (Wildman–Crippen MR) is 158 cm³/mol. The third kappa shape index (κ3) is 6.96. The molecule has 0 atom stereocenters. The van der Waals surface area contributed by atoms with Crippen LogP contribution < -0.4 is 14.9 Å². The number of nitrogens with zero attached hydrogens (tertiary/aromatic N) is 2. The number of hydrogen-bond donors (Lipinski definition) is 1. The van der Waals surface area contributed by atoms with E-state index in [-0.39, 0.29) is 16.8 Å². The highest BCUT2D eigenvalue weighted by molar-refractivity contribution is 9.10. The fourth-order valence-corrected chi connectivity index (χ4v) is 5.94. The van der Waals surface area contributed by atoms with Gasteiger partial charge in [-0.2, -0.15) is 5.01 Å². The number of carbonyl (C=O) groups is 3. The Morgan fingerprint density at radius 3 is 2.50 bits per heavy atom. The summed E-state index contributed by atoms with van der Waals surface area (Å²) >= 11 is 13.3. The van der Waals surface area contributed by atoms with Gasteiger partial charge in [-0.25, -0.2) is 0 Å². The second-order valence-electron chi connectivity index (χ2n) is 8.46. The summed E-state index contributed by atoms with van der Waals surface area (Å²) in [6.07, 6.45) is 4.83. The Morgan fingerprint density at radius 1 is 1.11 bits per heavy atom. The number of likely N-dealkylation sites (tertiary alicyclic amines) is 1. The van der Waals surface area contributed by atoms with Gasteiger partial charge in [0.15, 0.2) is 22.4 Å². The van der Waals surface area contributed by atoms with Gasteiger partial charge in [-0.05, 0) is 102 Å². The number of nitrogens with one attached hydrogen (secondary N) is 1. The number of hydrazine groups is 1. The van der Waals surface area contributed by atoms with Crippen LogP contribution in [0.25, 0.3) is 6.08 Å². The normalized spacial score (nSPS) is 16.7. The molecule has 12 heteroatoms. The van der Waals surface area contributed by atoms with E-state index in [1.54, 1.807) is 42.5 Å². The highest BCUT2D eigenvalue weighted by Crippen LogP contribution is 2.39. The van der Waals surface area contributed by atoms with Crippen molar-refractivity contribution in [2.45, 2.75) is 26.2 Å². The second kappa shape index (κ2) is 13.1. The van der Waals surface area contributed by atoms with E-state index in [0.29, 0.717) is 38.6 Å². The summed E-state index contributed by atoms with van der Waals surface area (Å²) in [5, 5.41) is 1.07. The van der Waals surface area contributed by atoms with E-state index in [1.807, 2.05) is 11.8 Å². The molecule has 3 amide bonds. The van der Waals surface area contributed by atoms with Gasteiger partial charge in [0.25, 0.3) is 17.7 Å². The number of halogens is 2. The largest absolute Gasteiger partial charge is 0.490 e. The number of carbonyl (C=O) groups excluding carboxylic acids is 3. The summed E-state index contributed by atoms with van der Waals surface area (Å²) in [6, 6.07) is 10.3. The van der Waals surface area contributed by atoms with Crippen LogP contribution in [0.5, 0.6) is 11.5 Å². The first-order chi connectivity index (χ1) is 18.3. The average molecular weight is 683 g/mol. The van der Waals surface area contributed by atoms with Crippen LogP contribution in [-0.2, 0) is 9.59 Å². The Kier molecular flexibility index (Phi) is 9.85. The highest BCUT2D eigenvalue weighted by Gasteiger charge is 2.34. The standard InChI is InChI=1S/C26H25Br2N3O5S2/c1-2-35-20-13-16(12-19(28)23(20)36-15-22(32)30-10-4-3-5-11-30)14-21-25(34)31(26(37)38-21)29-24(33)17-6-8-18(27)9-7-17/h6-9,12-14H,2-5,10-11,15H2,1H3,(H,29,33)/b21-14+. The molecule has 4 rings (SSSR count). The molecule has 2 fully saturated rings. The maximum Gasteiger partial charge on any atom is 0.285 e. The Morgan fingerprint density at radius 2 is 1.82 bits per heavy atom. The van der Waals surface area contributed by atoms with Gasteiger partial charge < -0.3 is 14.4 Å². The number of thiocarbonyl (C=S) groups is 1. The molecule has 8 nitrogen and oxygen atoms in total. The van der Waals surface area contributed by atoms with Crippen LogP contribution in [-0.4, -0.2) is 58.3 Å². The smallest absolute Gasteiger partial charge is 0.285 e. The zero-order valence-corrected chi connectivity index (χ0v) is 25.3. The summed E-state index contributed by atoms with van der Waals surface area (Å²) in [4.78, 5) is 40.4. The fourth-order valence-electron chi connectivity index (χ4n) is 3.93. The summed E-state index contributed by atoms with van der Waals surface area (Å²) < 4.78 is 13.3. The number of benzene rings is 2. The molecule has 0 radical (unpaired) electrons. The lowest BCUT2D eigenvalue weighted by atomic mass is 10.1. The molecule has 0 aromatic heterocycles. The van der Waals surface area contributed by atoms with Gasteiger partial charge in [0, 0.05) is 23.1 Å². The zero-order valence-electron chi connectivity index (χ0n) is 20.5. The van der Waals surface area contributed by atoms with Crippen LogP contribution in [0.3, 0.4) is 0 Å². The van der Waals surface area contributed by atoms with Gasteiger partial charge >= 0.3 is 0 Å². The molecule has 0 spiro atoms. The number of thioether (sulfide) groups is 1. The van der Waals surface area contributed by atoms with Crippen molar-refractivity contribution in [1.82, 2.24) is 15.3 Å². The first kappa shape index (κ1) is 28.6. The van der Waals surface area contributed by atoms with Gasteiger partial charge in [0.1, 0.15) is 0 Å². The molecule has 2 aromatic carbocycles. The first-order valence-corrected chi connectivity index (χ1v) is 14.8. The Labute approximate surface area is 247 Å². The van der Waals surface area contributed by atoms with E-state index < -0.39 is 11.8 Å². The van der Waals surface area contributed by atoms with E-state index in [0.717, 1.165) is 53.6 Å². The number of piperidine rings is 1. The van der Waals surface area contributed by atoms with Crippen LogP contribution in [0.1, 0.15) is 42.1 Å². The Hall–Kier alpha value is -2.41. The number of amides is 3. The molecule has 2 aliphatic heterocycles. The van der Waals surface area contributed by atoms with Crippen LogP contribution in [0.15, 0.2) is 50.2 Å². The summed E-state index contributed by atoms with van der Waals surface area (Å²) in [6.45, 7) is 3.65. The van der Waals surface area contributed by atoms with Crippen LogP contribution in [0.4, 0.5) is 0 Å². The average Bonchev–Trinajstić information content (AvgIpc) is 3.16. The van der Waals surface area contributed by atoms with E-state index >= 15 is 0 Å². The third-order valence-electron chi connectivity index (χ3n) is 5.79. The molecule has 2 aliphatic rings. The molecule has 0 saturated carbocycles. The summed E-state index contributed by atoms with van der Waals surface area (Å²) in [7, 11) is 0. The lowest BCUT2D eigenvalue weighted by molar-refractivity contribution is -0.134. The quantitative estimate of drug-likeness (QED) is 0.289. The molecule has 38 heavy (non-hydrogen) atoms. The van der Waals surface area contributed by atoms with Gasteiger partial charge in [-0.1, -0.05) is 27.7 Å². The van der Waals surface area contributed by atoms with Crippen molar-refractivity contribution in [1.29, 1.82) is 0 Å². The molecule has 2 saturated heterocycles. The van der Waals surface area contributed by atoms with E-state index in [2.05, 4.69) is 37.3 Å². The van der Waals surface area contributed by atoms with Crippen molar-refractivity contribution >= 4 is 84.0 Å². The molecule has 0 aliphatic carbocycles. The monoisotopic (exact) mass is 681 g/mol. The fraction of sp³-hybridized carbons (Fsp3) is 0.308. The summed E-state index contributed by atoms with van der Waals surface area (Å²) in [5.74, 6) is -0.0803. The molecule has 0 bridgehead atoms. The van der Waals surface area contributed by atoms with E-state index in [4.69, 9.17) is 21.7 Å². The van der Waals surface area contributed by atoms with Gasteiger partial charge in [0.2, 0.25) is 0 Å². The number of rotatable bonds is 8. The van der Waals surface area contributed by atoms with Crippen LogP contribution in [0, 0.1) is 0 Å². The van der Waals surface area contributed by atoms with Gasteiger partial charge in [0.05, 0.1) is 16.0 Å². The van der Waals surface area contributed by atoms with Crippen molar-refractivity contribution in [2.75, 3.05) is 26.3 Å². The van der Waals surface area contributed by atoms with Crippen molar-refractivity contribution in [3.63, 3.8) is 0 Å². The maximum atomic E-state index is 13.0. The molecular weight excluding hydrogens is 658 g/mol. The lowest BCUT2D eigenvalue weighted by Gasteiger charge is -2.26. The van der Waals surface area contributed by atoms with Crippen LogP contribution in [0.2, 0.25) is 0 Å². The Bertz CT molecular complexity index is 1280. The maximum absolute atomic E-state index is 13.0. The van der Waals surface area contributed by atoms with Crippen molar-refractivity contribution < 1.29 is 23.9 Å². The van der Waals surface area contributed by atoms with Crippen molar-refractivity contribution in [3.8, 4) is 11.5 Å². The van der Waals surface area contributed by atoms with Crippen molar-refractivity contribution in [3.05, 3.63) is 61.4 Å². The third-order valence-corrected chi connectivity index (χ3v) is 8.21. The first-order valence-electron chi connectivity index (χ1n) is 12.0. The second-order valence-corrected chi connectivity index (χ2v) is 11.9. The molecule has 2 heterocycles.